The van der Waals surface area contributed by atoms with Crippen LogP contribution in [0.25, 0.3) is 10.9 Å². The molecule has 1 amide bonds. The lowest BCUT2D eigenvalue weighted by atomic mass is 10.2. The Balaban J connectivity index is 1.50. The van der Waals surface area contributed by atoms with E-state index in [9.17, 15) is 4.79 Å². The fourth-order valence-electron chi connectivity index (χ4n) is 2.75. The second-order valence-electron chi connectivity index (χ2n) is 5.21. The van der Waals surface area contributed by atoms with E-state index in [1.807, 2.05) is 40.7 Å². The number of thiazole rings is 1. The highest BCUT2D eigenvalue weighted by atomic mass is 32.1. The van der Waals surface area contributed by atoms with Crippen molar-refractivity contribution in [1.29, 1.82) is 0 Å². The second kappa shape index (κ2) is 5.42. The molecule has 1 aliphatic heterocycles. The van der Waals surface area contributed by atoms with Gasteiger partial charge >= 0.3 is 0 Å². The lowest BCUT2D eigenvalue weighted by molar-refractivity contribution is 0.0742. The van der Waals surface area contributed by atoms with Gasteiger partial charge in [-0.1, -0.05) is 18.2 Å². The summed E-state index contributed by atoms with van der Waals surface area (Å²) in [5, 5.41) is 11.0. The average molecular weight is 313 g/mol. The number of anilines is 1. The van der Waals surface area contributed by atoms with Crippen LogP contribution in [-0.2, 0) is 0 Å². The molecule has 0 aliphatic carbocycles. The Kier molecular flexibility index (Phi) is 3.27. The normalized spacial score (nSPS) is 15.5. The minimum absolute atomic E-state index is 0.00348. The predicted octanol–water partition coefficient (Wildman–Crippen LogP) is 1.98. The van der Waals surface area contributed by atoms with E-state index in [1.165, 1.54) is 0 Å². The third kappa shape index (κ3) is 2.23. The van der Waals surface area contributed by atoms with E-state index in [0.717, 1.165) is 29.1 Å². The van der Waals surface area contributed by atoms with Crippen molar-refractivity contribution in [2.45, 2.75) is 0 Å². The zero-order valence-corrected chi connectivity index (χ0v) is 12.7. The van der Waals surface area contributed by atoms with Gasteiger partial charge in [-0.05, 0) is 6.07 Å². The lowest BCUT2D eigenvalue weighted by Gasteiger charge is -2.34. The maximum absolute atomic E-state index is 12.7. The van der Waals surface area contributed by atoms with Crippen LogP contribution in [-0.4, -0.2) is 52.2 Å². The molecule has 112 valence electrons. The molecule has 3 heterocycles. The van der Waals surface area contributed by atoms with Crippen molar-refractivity contribution in [1.82, 2.24) is 20.1 Å². The minimum Gasteiger partial charge on any atom is -0.345 e. The number of hydrogen-bond donors (Lipinski definition) is 1. The molecule has 0 unspecified atom stereocenters. The monoisotopic (exact) mass is 313 g/mol. The van der Waals surface area contributed by atoms with Crippen LogP contribution < -0.4 is 4.90 Å². The number of benzene rings is 1. The Morgan fingerprint density at radius 2 is 2.00 bits per heavy atom. The third-order valence-electron chi connectivity index (χ3n) is 3.93. The Labute approximate surface area is 131 Å². The van der Waals surface area contributed by atoms with Crippen LogP contribution in [0.2, 0.25) is 0 Å². The van der Waals surface area contributed by atoms with Crippen LogP contribution >= 0.6 is 11.3 Å². The van der Waals surface area contributed by atoms with Crippen molar-refractivity contribution in [3.8, 4) is 0 Å². The standard InChI is InChI=1S/C15H15N5OS/c21-14(13-11-3-1-2-4-12(11)17-18-13)19-6-8-20(9-7-19)15-16-5-10-22-15/h1-5,10H,6-9H2,(H,17,18). The first kappa shape index (κ1) is 13.3. The molecule has 7 heteroatoms. The van der Waals surface area contributed by atoms with Crippen molar-refractivity contribution in [3.05, 3.63) is 41.5 Å². The van der Waals surface area contributed by atoms with Gasteiger partial charge in [0.15, 0.2) is 10.8 Å². The number of hydrogen-bond acceptors (Lipinski definition) is 5. The Bertz CT molecular complexity index is 789. The van der Waals surface area contributed by atoms with Crippen molar-refractivity contribution in [2.24, 2.45) is 0 Å². The summed E-state index contributed by atoms with van der Waals surface area (Å²) in [6.45, 7) is 3.00. The number of nitrogens with zero attached hydrogens (tertiary/aromatic N) is 4. The summed E-state index contributed by atoms with van der Waals surface area (Å²) >= 11 is 1.63. The van der Waals surface area contributed by atoms with Crippen molar-refractivity contribution < 1.29 is 4.79 Å². The molecule has 0 radical (unpaired) electrons. The number of aromatic nitrogens is 3. The molecular formula is C15H15N5OS. The fraction of sp³-hybridized carbons (Fsp3) is 0.267. The van der Waals surface area contributed by atoms with E-state index in [1.54, 1.807) is 11.3 Å². The number of aromatic amines is 1. The van der Waals surface area contributed by atoms with Gasteiger partial charge in [0, 0.05) is 43.1 Å². The number of para-hydroxylation sites is 1. The highest BCUT2D eigenvalue weighted by Gasteiger charge is 2.25. The van der Waals surface area contributed by atoms with Gasteiger partial charge in [-0.15, -0.1) is 11.3 Å². The lowest BCUT2D eigenvalue weighted by Crippen LogP contribution is -2.48. The van der Waals surface area contributed by atoms with Crippen LogP contribution in [0, 0.1) is 0 Å². The maximum atomic E-state index is 12.7. The van der Waals surface area contributed by atoms with Crippen molar-refractivity contribution in [3.63, 3.8) is 0 Å². The smallest absolute Gasteiger partial charge is 0.275 e. The first-order chi connectivity index (χ1) is 10.8. The van der Waals surface area contributed by atoms with Gasteiger partial charge in [0.1, 0.15) is 0 Å². The molecule has 0 atom stereocenters. The SMILES string of the molecule is O=C(c1n[nH]c2ccccc12)N1CCN(c2nccs2)CC1. The van der Waals surface area contributed by atoms with Crippen LogP contribution in [0.1, 0.15) is 10.5 Å². The van der Waals surface area contributed by atoms with E-state index in [4.69, 9.17) is 0 Å². The molecule has 4 rings (SSSR count). The summed E-state index contributed by atoms with van der Waals surface area (Å²) in [5.41, 5.74) is 1.41. The summed E-state index contributed by atoms with van der Waals surface area (Å²) in [4.78, 5) is 21.1. The minimum atomic E-state index is -0.00348. The summed E-state index contributed by atoms with van der Waals surface area (Å²) in [5.74, 6) is -0.00348. The Morgan fingerprint density at radius 1 is 1.18 bits per heavy atom. The van der Waals surface area contributed by atoms with E-state index in [2.05, 4.69) is 20.1 Å². The number of carbonyl (C=O) groups is 1. The van der Waals surface area contributed by atoms with Gasteiger partial charge in [0.2, 0.25) is 0 Å². The van der Waals surface area contributed by atoms with Crippen LogP contribution in [0.3, 0.4) is 0 Å². The van der Waals surface area contributed by atoms with Crippen LogP contribution in [0.5, 0.6) is 0 Å². The number of nitrogens with one attached hydrogen (secondary N) is 1. The number of H-pyrrole nitrogens is 1. The van der Waals surface area contributed by atoms with Crippen molar-refractivity contribution >= 4 is 33.3 Å². The number of amides is 1. The quantitative estimate of drug-likeness (QED) is 0.786. The molecule has 3 aromatic rings. The summed E-state index contributed by atoms with van der Waals surface area (Å²) in [6, 6.07) is 7.72. The molecule has 1 saturated heterocycles. The summed E-state index contributed by atoms with van der Waals surface area (Å²) < 4.78 is 0. The second-order valence-corrected chi connectivity index (χ2v) is 6.08. The first-order valence-corrected chi connectivity index (χ1v) is 8.08. The molecule has 22 heavy (non-hydrogen) atoms. The number of carbonyl (C=O) groups excluding carboxylic acids is 1. The number of fused-ring (bicyclic) bond motifs is 1. The van der Waals surface area contributed by atoms with Gasteiger partial charge in [0.05, 0.1) is 5.52 Å². The van der Waals surface area contributed by atoms with E-state index < -0.39 is 0 Å². The Hall–Kier alpha value is -2.41. The molecule has 1 N–H and O–H groups in total. The Morgan fingerprint density at radius 3 is 2.77 bits per heavy atom. The first-order valence-electron chi connectivity index (χ1n) is 7.20. The molecule has 0 spiro atoms. The molecule has 1 fully saturated rings. The van der Waals surface area contributed by atoms with Gasteiger partial charge < -0.3 is 9.80 Å². The molecule has 2 aromatic heterocycles. The maximum Gasteiger partial charge on any atom is 0.275 e. The highest BCUT2D eigenvalue weighted by Crippen LogP contribution is 2.21. The predicted molar refractivity (Wildman–Crippen MR) is 86.3 cm³/mol. The van der Waals surface area contributed by atoms with Crippen molar-refractivity contribution in [2.75, 3.05) is 31.1 Å². The molecule has 1 aliphatic rings. The highest BCUT2D eigenvalue weighted by molar-refractivity contribution is 7.13. The molecule has 1 aromatic carbocycles. The average Bonchev–Trinajstić information content (AvgIpc) is 3.24. The number of rotatable bonds is 2. The van der Waals surface area contributed by atoms with E-state index >= 15 is 0 Å². The zero-order chi connectivity index (χ0) is 14.9. The van der Waals surface area contributed by atoms with E-state index in [-0.39, 0.29) is 5.91 Å². The molecule has 6 nitrogen and oxygen atoms in total. The molecule has 0 saturated carbocycles. The number of piperazine rings is 1. The van der Waals surface area contributed by atoms with Gasteiger partial charge in [-0.2, -0.15) is 5.10 Å². The molecular weight excluding hydrogens is 298 g/mol. The van der Waals surface area contributed by atoms with Crippen LogP contribution in [0.4, 0.5) is 5.13 Å². The third-order valence-corrected chi connectivity index (χ3v) is 4.76. The van der Waals surface area contributed by atoms with Gasteiger partial charge in [-0.25, -0.2) is 4.98 Å². The van der Waals surface area contributed by atoms with Gasteiger partial charge in [-0.3, -0.25) is 9.89 Å². The molecule has 0 bridgehead atoms. The summed E-state index contributed by atoms with van der Waals surface area (Å²) in [7, 11) is 0. The zero-order valence-electron chi connectivity index (χ0n) is 11.9. The van der Waals surface area contributed by atoms with E-state index in [0.29, 0.717) is 18.8 Å². The topological polar surface area (TPSA) is 65.1 Å². The van der Waals surface area contributed by atoms with Gasteiger partial charge in [0.25, 0.3) is 5.91 Å². The summed E-state index contributed by atoms with van der Waals surface area (Å²) in [6.07, 6.45) is 1.81. The largest absolute Gasteiger partial charge is 0.345 e. The van der Waals surface area contributed by atoms with Crippen LogP contribution in [0.15, 0.2) is 35.8 Å². The fourth-order valence-corrected chi connectivity index (χ4v) is 3.45.